The van der Waals surface area contributed by atoms with Crippen molar-refractivity contribution in [3.05, 3.63) is 12.2 Å². The lowest BCUT2D eigenvalue weighted by molar-refractivity contribution is -0.167. The molecule has 0 spiro atoms. The minimum Gasteiger partial charge on any atom is -0.462 e. The van der Waals surface area contributed by atoms with Gasteiger partial charge in [-0.3, -0.25) is 14.4 Å². The third kappa shape index (κ3) is 47.2. The summed E-state index contributed by atoms with van der Waals surface area (Å²) in [5, 5.41) is 0. The van der Waals surface area contributed by atoms with E-state index in [1.165, 1.54) is 199 Å². The van der Waals surface area contributed by atoms with Crippen LogP contribution in [0.3, 0.4) is 0 Å². The van der Waals surface area contributed by atoms with Gasteiger partial charge in [0, 0.05) is 19.3 Å². The van der Waals surface area contributed by atoms with Crippen LogP contribution in [0.25, 0.3) is 0 Å². The van der Waals surface area contributed by atoms with Crippen molar-refractivity contribution < 1.29 is 28.6 Å². The minimum absolute atomic E-state index is 0.0658. The molecule has 0 fully saturated rings. The Kier molecular flexibility index (Phi) is 48.3. The number of rotatable bonds is 49. The van der Waals surface area contributed by atoms with Crippen LogP contribution < -0.4 is 0 Å². The van der Waals surface area contributed by atoms with Crippen LogP contribution in [0.2, 0.25) is 0 Å². The molecule has 0 rings (SSSR count). The van der Waals surface area contributed by atoms with E-state index >= 15 is 0 Å². The standard InChI is InChI=1S/C54H102O6/c1-4-7-10-13-16-19-22-25-26-27-28-30-32-35-38-41-44-47-53(56)59-50-51(49-58-52(55)46-43-40-37-34-31-24-21-18-15-12-9-6-3)60-54(57)48-45-42-39-36-33-29-23-20-17-14-11-8-5-2/h25-26,51H,4-24,27-50H2,1-3H3/b26-25-. The summed E-state index contributed by atoms with van der Waals surface area (Å²) < 4.78 is 16.8. The number of unbranched alkanes of at least 4 members (excludes halogenated alkanes) is 36. The van der Waals surface area contributed by atoms with Gasteiger partial charge >= 0.3 is 17.9 Å². The highest BCUT2D eigenvalue weighted by atomic mass is 16.6. The number of esters is 3. The average Bonchev–Trinajstić information content (AvgIpc) is 3.24. The fraction of sp³-hybridized carbons (Fsp3) is 0.907. The van der Waals surface area contributed by atoms with Gasteiger partial charge in [-0.05, 0) is 44.9 Å². The molecule has 0 aromatic carbocycles. The fourth-order valence-corrected chi connectivity index (χ4v) is 7.97. The molecule has 0 saturated carbocycles. The second-order valence-electron chi connectivity index (χ2n) is 18.2. The lowest BCUT2D eigenvalue weighted by Crippen LogP contribution is -2.30. The van der Waals surface area contributed by atoms with Crippen LogP contribution in [0.1, 0.15) is 297 Å². The van der Waals surface area contributed by atoms with Gasteiger partial charge in [-0.2, -0.15) is 0 Å². The summed E-state index contributed by atoms with van der Waals surface area (Å²) in [6.45, 7) is 6.66. The van der Waals surface area contributed by atoms with Crippen LogP contribution in [-0.2, 0) is 28.6 Å². The fourth-order valence-electron chi connectivity index (χ4n) is 7.97. The first-order valence-corrected chi connectivity index (χ1v) is 26.7. The molecule has 0 bridgehead atoms. The predicted molar refractivity (Wildman–Crippen MR) is 256 cm³/mol. The molecule has 0 amide bonds. The van der Waals surface area contributed by atoms with E-state index < -0.39 is 6.10 Å². The van der Waals surface area contributed by atoms with E-state index in [1.807, 2.05) is 0 Å². The first kappa shape index (κ1) is 58.1. The van der Waals surface area contributed by atoms with Crippen LogP contribution in [0.5, 0.6) is 0 Å². The molecule has 0 aliphatic heterocycles. The lowest BCUT2D eigenvalue weighted by Gasteiger charge is -2.18. The summed E-state index contributed by atoms with van der Waals surface area (Å²) in [5.74, 6) is -0.852. The molecule has 6 nitrogen and oxygen atoms in total. The molecule has 0 aliphatic carbocycles. The van der Waals surface area contributed by atoms with Crippen molar-refractivity contribution in [1.82, 2.24) is 0 Å². The quantitative estimate of drug-likeness (QED) is 0.0263. The highest BCUT2D eigenvalue weighted by Gasteiger charge is 2.19. The topological polar surface area (TPSA) is 78.9 Å². The van der Waals surface area contributed by atoms with Crippen molar-refractivity contribution >= 4 is 17.9 Å². The van der Waals surface area contributed by atoms with Crippen LogP contribution >= 0.6 is 0 Å². The number of carbonyl (C=O) groups is 3. The van der Waals surface area contributed by atoms with Crippen molar-refractivity contribution in [2.75, 3.05) is 13.2 Å². The summed E-state index contributed by atoms with van der Waals surface area (Å²) in [6, 6.07) is 0. The van der Waals surface area contributed by atoms with Crippen molar-refractivity contribution in [2.24, 2.45) is 0 Å². The Bertz CT molecular complexity index is 931. The molecular weight excluding hydrogens is 745 g/mol. The zero-order valence-corrected chi connectivity index (χ0v) is 40.5. The monoisotopic (exact) mass is 847 g/mol. The molecule has 60 heavy (non-hydrogen) atoms. The third-order valence-corrected chi connectivity index (χ3v) is 12.0. The van der Waals surface area contributed by atoms with Gasteiger partial charge in [0.05, 0.1) is 0 Å². The smallest absolute Gasteiger partial charge is 0.306 e. The maximum absolute atomic E-state index is 12.8. The van der Waals surface area contributed by atoms with E-state index in [1.54, 1.807) is 0 Å². The summed E-state index contributed by atoms with van der Waals surface area (Å²) in [4.78, 5) is 38.0. The number of hydrogen-bond acceptors (Lipinski definition) is 6. The highest BCUT2D eigenvalue weighted by molar-refractivity contribution is 5.71. The molecular formula is C54H102O6. The lowest BCUT2D eigenvalue weighted by atomic mass is 10.0. The Morgan fingerprint density at radius 1 is 0.317 bits per heavy atom. The number of carbonyl (C=O) groups excluding carboxylic acids is 3. The number of hydrogen-bond donors (Lipinski definition) is 0. The van der Waals surface area contributed by atoms with Crippen LogP contribution in [0.4, 0.5) is 0 Å². The van der Waals surface area contributed by atoms with Gasteiger partial charge in [-0.15, -0.1) is 0 Å². The molecule has 0 N–H and O–H groups in total. The normalized spacial score (nSPS) is 12.0. The van der Waals surface area contributed by atoms with Gasteiger partial charge in [0.1, 0.15) is 13.2 Å². The van der Waals surface area contributed by atoms with Crippen LogP contribution in [-0.4, -0.2) is 37.2 Å². The molecule has 1 unspecified atom stereocenters. The van der Waals surface area contributed by atoms with Gasteiger partial charge in [-0.1, -0.05) is 245 Å². The zero-order chi connectivity index (χ0) is 43.7. The Morgan fingerprint density at radius 3 is 0.833 bits per heavy atom. The van der Waals surface area contributed by atoms with Gasteiger partial charge < -0.3 is 14.2 Å². The Hall–Kier alpha value is -1.85. The van der Waals surface area contributed by atoms with Gasteiger partial charge in [0.25, 0.3) is 0 Å². The molecule has 0 radical (unpaired) electrons. The second kappa shape index (κ2) is 49.8. The SMILES string of the molecule is CCCCCCCC/C=C\CCCCCCCCCC(=O)OCC(COC(=O)CCCCCCCCCCCCCC)OC(=O)CCCCCCCCCCCCCCC. The first-order valence-electron chi connectivity index (χ1n) is 26.7. The maximum atomic E-state index is 12.8. The van der Waals surface area contributed by atoms with E-state index in [0.717, 1.165) is 57.8 Å². The van der Waals surface area contributed by atoms with Gasteiger partial charge in [-0.25, -0.2) is 0 Å². The molecule has 6 heteroatoms. The first-order chi connectivity index (χ1) is 29.5. The summed E-state index contributed by atoms with van der Waals surface area (Å²) in [7, 11) is 0. The van der Waals surface area contributed by atoms with Crippen LogP contribution in [0.15, 0.2) is 12.2 Å². The summed E-state index contributed by atoms with van der Waals surface area (Å²) >= 11 is 0. The Balaban J connectivity index is 4.31. The van der Waals surface area contributed by atoms with Crippen molar-refractivity contribution in [3.8, 4) is 0 Å². The summed E-state index contributed by atoms with van der Waals surface area (Å²) in [5.41, 5.74) is 0. The summed E-state index contributed by atoms with van der Waals surface area (Å²) in [6.07, 6.45) is 54.8. The number of ether oxygens (including phenoxy) is 3. The Morgan fingerprint density at radius 2 is 0.550 bits per heavy atom. The van der Waals surface area contributed by atoms with Crippen molar-refractivity contribution in [3.63, 3.8) is 0 Å². The van der Waals surface area contributed by atoms with Crippen LogP contribution in [0, 0.1) is 0 Å². The van der Waals surface area contributed by atoms with E-state index in [4.69, 9.17) is 14.2 Å². The molecule has 1 atom stereocenters. The van der Waals surface area contributed by atoms with E-state index in [9.17, 15) is 14.4 Å². The largest absolute Gasteiger partial charge is 0.462 e. The van der Waals surface area contributed by atoms with Gasteiger partial charge in [0.15, 0.2) is 6.10 Å². The minimum atomic E-state index is -0.764. The van der Waals surface area contributed by atoms with Crippen molar-refractivity contribution in [2.45, 2.75) is 303 Å². The molecule has 0 heterocycles. The Labute approximate surface area is 373 Å². The predicted octanol–water partition coefficient (Wildman–Crippen LogP) is 17.4. The average molecular weight is 847 g/mol. The van der Waals surface area contributed by atoms with E-state index in [0.29, 0.717) is 19.3 Å². The van der Waals surface area contributed by atoms with E-state index in [2.05, 4.69) is 32.9 Å². The maximum Gasteiger partial charge on any atom is 0.306 e. The molecule has 0 aromatic heterocycles. The van der Waals surface area contributed by atoms with Gasteiger partial charge in [0.2, 0.25) is 0 Å². The highest BCUT2D eigenvalue weighted by Crippen LogP contribution is 2.16. The number of allylic oxidation sites excluding steroid dienone is 2. The molecule has 0 aliphatic rings. The molecule has 0 aromatic rings. The molecule has 354 valence electrons. The van der Waals surface area contributed by atoms with Crippen molar-refractivity contribution in [1.29, 1.82) is 0 Å². The van der Waals surface area contributed by atoms with E-state index in [-0.39, 0.29) is 31.1 Å². The third-order valence-electron chi connectivity index (χ3n) is 12.0. The second-order valence-corrected chi connectivity index (χ2v) is 18.2. The molecule has 0 saturated heterocycles. The zero-order valence-electron chi connectivity index (χ0n) is 40.5.